The molecule has 0 rings (SSSR count). The molecular formula is C7H11NO3. The summed E-state index contributed by atoms with van der Waals surface area (Å²) in [7, 11) is 0. The van der Waals surface area contributed by atoms with Crippen LogP contribution in [0.5, 0.6) is 0 Å². The lowest BCUT2D eigenvalue weighted by Gasteiger charge is -2.00. The fraction of sp³-hybridized carbons (Fsp3) is 0.429. The minimum Gasteiger partial charge on any atom is -0.466 e. The van der Waals surface area contributed by atoms with E-state index >= 15 is 0 Å². The Morgan fingerprint density at radius 3 is 2.45 bits per heavy atom. The van der Waals surface area contributed by atoms with Crippen molar-refractivity contribution in [1.29, 1.82) is 0 Å². The van der Waals surface area contributed by atoms with E-state index in [0.717, 1.165) is 0 Å². The van der Waals surface area contributed by atoms with E-state index in [9.17, 15) is 9.59 Å². The third-order valence-corrected chi connectivity index (χ3v) is 1.01. The molecule has 0 aliphatic rings. The number of hydrogen-bond acceptors (Lipinski definition) is 3. The molecule has 62 valence electrons. The summed E-state index contributed by atoms with van der Waals surface area (Å²) in [6.07, 6.45) is -0.122. The highest BCUT2D eigenvalue weighted by molar-refractivity contribution is 5.95. The van der Waals surface area contributed by atoms with Crippen molar-refractivity contribution in [1.82, 2.24) is 0 Å². The first-order chi connectivity index (χ1) is 5.07. The molecular weight excluding hydrogens is 146 g/mol. The van der Waals surface area contributed by atoms with E-state index in [0.29, 0.717) is 6.61 Å². The lowest BCUT2D eigenvalue weighted by molar-refractivity contribution is -0.142. The van der Waals surface area contributed by atoms with Crippen LogP contribution in [-0.2, 0) is 14.3 Å². The Kier molecular flexibility index (Phi) is 3.95. The molecule has 0 aromatic rings. The molecule has 0 fully saturated rings. The van der Waals surface area contributed by atoms with E-state index < -0.39 is 11.9 Å². The first-order valence-electron chi connectivity index (χ1n) is 3.21. The lowest BCUT2D eigenvalue weighted by Crippen LogP contribution is -2.16. The molecule has 0 saturated carbocycles. The van der Waals surface area contributed by atoms with Gasteiger partial charge in [-0.2, -0.15) is 0 Å². The Morgan fingerprint density at radius 2 is 2.09 bits per heavy atom. The number of esters is 1. The van der Waals surface area contributed by atoms with Gasteiger partial charge in [-0.25, -0.2) is 0 Å². The molecule has 0 bridgehead atoms. The highest BCUT2D eigenvalue weighted by atomic mass is 16.5. The zero-order valence-electron chi connectivity index (χ0n) is 6.42. The summed E-state index contributed by atoms with van der Waals surface area (Å²) in [6, 6.07) is 0. The molecule has 0 heterocycles. The van der Waals surface area contributed by atoms with E-state index in [1.54, 1.807) is 6.92 Å². The minimum atomic E-state index is -0.668. The number of carbonyl (C=O) groups excluding carboxylic acids is 2. The van der Waals surface area contributed by atoms with Crippen molar-refractivity contribution in [3.05, 3.63) is 12.2 Å². The summed E-state index contributed by atoms with van der Waals surface area (Å²) in [5.41, 5.74) is 4.91. The zero-order chi connectivity index (χ0) is 8.85. The second-order valence-corrected chi connectivity index (χ2v) is 1.95. The minimum absolute atomic E-state index is 0.0726. The summed E-state index contributed by atoms with van der Waals surface area (Å²) in [5.74, 6) is -1.14. The molecule has 0 spiro atoms. The fourth-order valence-electron chi connectivity index (χ4n) is 0.473. The van der Waals surface area contributed by atoms with Gasteiger partial charge in [-0.05, 0) is 6.92 Å². The van der Waals surface area contributed by atoms with Crippen LogP contribution in [0, 0.1) is 0 Å². The second-order valence-electron chi connectivity index (χ2n) is 1.95. The van der Waals surface area contributed by atoms with Crippen molar-refractivity contribution in [2.45, 2.75) is 13.3 Å². The summed E-state index contributed by atoms with van der Waals surface area (Å²) in [6.45, 7) is 5.28. The predicted molar refractivity (Wildman–Crippen MR) is 39.6 cm³/mol. The highest BCUT2D eigenvalue weighted by Gasteiger charge is 2.08. The first kappa shape index (κ1) is 9.68. The van der Waals surface area contributed by atoms with Gasteiger partial charge in [0.15, 0.2) is 0 Å². The number of hydrogen-bond donors (Lipinski definition) is 1. The number of primary amides is 1. The summed E-state index contributed by atoms with van der Waals surface area (Å²) in [4.78, 5) is 21.0. The van der Waals surface area contributed by atoms with Crippen LogP contribution >= 0.6 is 0 Å². The Balaban J connectivity index is 3.76. The van der Waals surface area contributed by atoms with E-state index in [4.69, 9.17) is 5.73 Å². The van der Waals surface area contributed by atoms with Gasteiger partial charge < -0.3 is 10.5 Å². The molecule has 0 atom stereocenters. The summed E-state index contributed by atoms with van der Waals surface area (Å²) >= 11 is 0. The summed E-state index contributed by atoms with van der Waals surface area (Å²) < 4.78 is 4.56. The summed E-state index contributed by atoms with van der Waals surface area (Å²) in [5, 5.41) is 0. The van der Waals surface area contributed by atoms with Crippen LogP contribution in [0.25, 0.3) is 0 Å². The second kappa shape index (κ2) is 4.49. The molecule has 0 aromatic carbocycles. The van der Waals surface area contributed by atoms with Gasteiger partial charge in [0.1, 0.15) is 0 Å². The van der Waals surface area contributed by atoms with Gasteiger partial charge in [-0.3, -0.25) is 9.59 Å². The number of amides is 1. The maximum Gasteiger partial charge on any atom is 0.310 e. The number of carbonyl (C=O) groups is 2. The average molecular weight is 157 g/mol. The van der Waals surface area contributed by atoms with Crippen LogP contribution in [-0.4, -0.2) is 18.5 Å². The number of rotatable bonds is 4. The van der Waals surface area contributed by atoms with Crippen LogP contribution in [0.15, 0.2) is 12.2 Å². The third-order valence-electron chi connectivity index (χ3n) is 1.01. The van der Waals surface area contributed by atoms with Crippen LogP contribution < -0.4 is 5.73 Å². The van der Waals surface area contributed by atoms with Gasteiger partial charge in [0.25, 0.3) is 0 Å². The average Bonchev–Trinajstić information content (AvgIpc) is 1.87. The molecule has 4 heteroatoms. The molecule has 11 heavy (non-hydrogen) atoms. The van der Waals surface area contributed by atoms with Gasteiger partial charge in [0.2, 0.25) is 5.91 Å². The maximum atomic E-state index is 10.7. The Bertz CT molecular complexity index is 186. The van der Waals surface area contributed by atoms with E-state index in [1.807, 2.05) is 0 Å². The third kappa shape index (κ3) is 4.13. The van der Waals surface area contributed by atoms with E-state index in [1.165, 1.54) is 0 Å². The maximum absolute atomic E-state index is 10.7. The SMILES string of the molecule is C=C(CC(=O)OCC)C(N)=O. The quantitative estimate of drug-likeness (QED) is 0.460. The highest BCUT2D eigenvalue weighted by Crippen LogP contribution is 1.97. The number of nitrogens with two attached hydrogens (primary N) is 1. The lowest BCUT2D eigenvalue weighted by atomic mass is 10.2. The van der Waals surface area contributed by atoms with E-state index in [2.05, 4.69) is 11.3 Å². The standard InChI is InChI=1S/C7H11NO3/c1-3-11-6(9)4-5(2)7(8)10/h2-4H2,1H3,(H2,8,10). The van der Waals surface area contributed by atoms with Gasteiger partial charge in [0, 0.05) is 5.57 Å². The van der Waals surface area contributed by atoms with Gasteiger partial charge in [-0.15, -0.1) is 0 Å². The number of ether oxygens (including phenoxy) is 1. The smallest absolute Gasteiger partial charge is 0.310 e. The molecule has 2 N–H and O–H groups in total. The van der Waals surface area contributed by atoms with Gasteiger partial charge in [0.05, 0.1) is 13.0 Å². The Labute approximate surface area is 65.0 Å². The molecule has 0 aromatic heterocycles. The van der Waals surface area contributed by atoms with Crippen molar-refractivity contribution < 1.29 is 14.3 Å². The van der Waals surface area contributed by atoms with Crippen molar-refractivity contribution in [2.24, 2.45) is 5.73 Å². The molecule has 4 nitrogen and oxygen atoms in total. The van der Waals surface area contributed by atoms with Crippen LogP contribution in [0.2, 0.25) is 0 Å². The van der Waals surface area contributed by atoms with Crippen LogP contribution in [0.3, 0.4) is 0 Å². The molecule has 0 radical (unpaired) electrons. The largest absolute Gasteiger partial charge is 0.466 e. The Morgan fingerprint density at radius 1 is 1.55 bits per heavy atom. The predicted octanol–water partition coefficient (Wildman–Crippen LogP) is -0.0189. The first-order valence-corrected chi connectivity index (χ1v) is 3.21. The van der Waals surface area contributed by atoms with Crippen molar-refractivity contribution in [3.8, 4) is 0 Å². The molecule has 0 saturated heterocycles. The zero-order valence-corrected chi connectivity index (χ0v) is 6.42. The van der Waals surface area contributed by atoms with Gasteiger partial charge >= 0.3 is 5.97 Å². The van der Waals surface area contributed by atoms with Crippen LogP contribution in [0.4, 0.5) is 0 Å². The normalized spacial score (nSPS) is 8.82. The monoisotopic (exact) mass is 157 g/mol. The van der Waals surface area contributed by atoms with Crippen molar-refractivity contribution >= 4 is 11.9 Å². The molecule has 0 aliphatic heterocycles. The molecule has 0 unspecified atom stereocenters. The van der Waals surface area contributed by atoms with Crippen molar-refractivity contribution in [2.75, 3.05) is 6.61 Å². The van der Waals surface area contributed by atoms with Gasteiger partial charge in [-0.1, -0.05) is 6.58 Å². The Hall–Kier alpha value is -1.32. The van der Waals surface area contributed by atoms with Crippen LogP contribution in [0.1, 0.15) is 13.3 Å². The molecule has 1 amide bonds. The van der Waals surface area contributed by atoms with E-state index in [-0.39, 0.29) is 12.0 Å². The van der Waals surface area contributed by atoms with Crippen molar-refractivity contribution in [3.63, 3.8) is 0 Å². The molecule has 0 aliphatic carbocycles. The fourth-order valence-corrected chi connectivity index (χ4v) is 0.473. The topological polar surface area (TPSA) is 69.4 Å².